The van der Waals surface area contributed by atoms with Gasteiger partial charge in [-0.2, -0.15) is 0 Å². The summed E-state index contributed by atoms with van der Waals surface area (Å²) in [5.41, 5.74) is 6.61. The van der Waals surface area contributed by atoms with Gasteiger partial charge < -0.3 is 11.1 Å². The number of halogens is 1. The van der Waals surface area contributed by atoms with Crippen molar-refractivity contribution in [3.05, 3.63) is 35.4 Å². The van der Waals surface area contributed by atoms with Crippen molar-refractivity contribution in [3.8, 4) is 11.3 Å². The molecular formula is C18H22ClN5O. The zero-order chi connectivity index (χ0) is 17.6. The third kappa shape index (κ3) is 4.66. The average Bonchev–Trinajstić information content (AvgIpc) is 2.63. The van der Waals surface area contributed by atoms with Crippen LogP contribution in [0.3, 0.4) is 0 Å². The molecular weight excluding hydrogens is 338 g/mol. The first-order valence-corrected chi connectivity index (χ1v) is 9.03. The van der Waals surface area contributed by atoms with E-state index in [4.69, 9.17) is 17.3 Å². The van der Waals surface area contributed by atoms with Gasteiger partial charge in [-0.3, -0.25) is 9.78 Å². The molecule has 2 aromatic heterocycles. The predicted octanol–water partition coefficient (Wildman–Crippen LogP) is 3.67. The van der Waals surface area contributed by atoms with Gasteiger partial charge in [-0.15, -0.1) is 0 Å². The van der Waals surface area contributed by atoms with E-state index in [1.807, 2.05) is 0 Å². The van der Waals surface area contributed by atoms with E-state index in [2.05, 4.69) is 20.3 Å². The molecule has 3 N–H and O–H groups in total. The van der Waals surface area contributed by atoms with Gasteiger partial charge in [0.2, 0.25) is 0 Å². The number of rotatable bonds is 6. The lowest BCUT2D eigenvalue weighted by Crippen LogP contribution is -2.13. The van der Waals surface area contributed by atoms with Crippen molar-refractivity contribution in [2.75, 3.05) is 11.9 Å². The second-order valence-corrected chi connectivity index (χ2v) is 6.83. The van der Waals surface area contributed by atoms with Crippen molar-refractivity contribution in [2.24, 2.45) is 11.7 Å². The Morgan fingerprint density at radius 3 is 2.80 bits per heavy atom. The van der Waals surface area contributed by atoms with Crippen LogP contribution in [0.25, 0.3) is 11.3 Å². The van der Waals surface area contributed by atoms with Gasteiger partial charge in [0.15, 0.2) is 0 Å². The van der Waals surface area contributed by atoms with Crippen LogP contribution in [0.2, 0.25) is 5.02 Å². The molecule has 2 heterocycles. The lowest BCUT2D eigenvalue weighted by molar-refractivity contribution is 0.0995. The molecule has 3 rings (SSSR count). The van der Waals surface area contributed by atoms with Crippen molar-refractivity contribution >= 4 is 23.3 Å². The summed E-state index contributed by atoms with van der Waals surface area (Å²) >= 11 is 6.19. The standard InChI is InChI=1S/C18H22ClN5O/c19-14-9-23-15(18(20)25)8-13(14)16-10-21-11-17(24-16)22-7-6-12-4-2-1-3-5-12/h8-12H,1-7H2,(H2,20,25)(H,22,24). The number of anilines is 1. The van der Waals surface area contributed by atoms with Gasteiger partial charge in [0.1, 0.15) is 11.5 Å². The molecule has 0 atom stereocenters. The molecule has 0 spiro atoms. The fraction of sp³-hybridized carbons (Fsp3) is 0.444. The van der Waals surface area contributed by atoms with Crippen LogP contribution in [-0.2, 0) is 0 Å². The van der Waals surface area contributed by atoms with E-state index in [1.165, 1.54) is 38.3 Å². The predicted molar refractivity (Wildman–Crippen MR) is 98.5 cm³/mol. The molecule has 2 aromatic rings. The topological polar surface area (TPSA) is 93.8 Å². The van der Waals surface area contributed by atoms with Gasteiger partial charge in [-0.05, 0) is 18.4 Å². The Morgan fingerprint density at radius 1 is 1.24 bits per heavy atom. The highest BCUT2D eigenvalue weighted by molar-refractivity contribution is 6.33. The Kier molecular flexibility index (Phi) is 5.81. The highest BCUT2D eigenvalue weighted by atomic mass is 35.5. The maximum Gasteiger partial charge on any atom is 0.267 e. The number of nitrogens with zero attached hydrogens (tertiary/aromatic N) is 3. The molecule has 0 bridgehead atoms. The van der Waals surface area contributed by atoms with E-state index < -0.39 is 5.91 Å². The quantitative estimate of drug-likeness (QED) is 0.820. The number of hydrogen-bond acceptors (Lipinski definition) is 5. The number of nitrogens with two attached hydrogens (primary N) is 1. The molecule has 0 aliphatic heterocycles. The molecule has 132 valence electrons. The molecule has 1 amide bonds. The molecule has 0 aromatic carbocycles. The first-order valence-electron chi connectivity index (χ1n) is 8.65. The minimum atomic E-state index is -0.604. The molecule has 0 unspecified atom stereocenters. The zero-order valence-corrected chi connectivity index (χ0v) is 14.8. The van der Waals surface area contributed by atoms with Gasteiger partial charge in [0, 0.05) is 18.3 Å². The van der Waals surface area contributed by atoms with Crippen LogP contribution in [0.15, 0.2) is 24.7 Å². The second kappa shape index (κ2) is 8.25. The third-order valence-corrected chi connectivity index (χ3v) is 4.90. The average molecular weight is 360 g/mol. The highest BCUT2D eigenvalue weighted by Crippen LogP contribution is 2.28. The number of nitrogens with one attached hydrogen (secondary N) is 1. The van der Waals surface area contributed by atoms with Crippen LogP contribution < -0.4 is 11.1 Å². The summed E-state index contributed by atoms with van der Waals surface area (Å²) in [5, 5.41) is 3.74. The van der Waals surface area contributed by atoms with Gasteiger partial charge in [-0.25, -0.2) is 9.97 Å². The molecule has 1 fully saturated rings. The maximum atomic E-state index is 11.3. The summed E-state index contributed by atoms with van der Waals surface area (Å²) < 4.78 is 0. The lowest BCUT2D eigenvalue weighted by Gasteiger charge is -2.21. The Balaban J connectivity index is 1.69. The lowest BCUT2D eigenvalue weighted by atomic mass is 9.87. The smallest absolute Gasteiger partial charge is 0.267 e. The van der Waals surface area contributed by atoms with Gasteiger partial charge in [0.05, 0.1) is 23.1 Å². The summed E-state index contributed by atoms with van der Waals surface area (Å²) in [6.45, 7) is 0.874. The maximum absolute atomic E-state index is 11.3. The Hall–Kier alpha value is -2.21. The monoisotopic (exact) mass is 359 g/mol. The van der Waals surface area contributed by atoms with Crippen molar-refractivity contribution in [1.29, 1.82) is 0 Å². The van der Waals surface area contributed by atoms with Crippen LogP contribution in [0.5, 0.6) is 0 Å². The minimum Gasteiger partial charge on any atom is -0.369 e. The number of carbonyl (C=O) groups is 1. The van der Waals surface area contributed by atoms with Crippen LogP contribution in [-0.4, -0.2) is 27.4 Å². The third-order valence-electron chi connectivity index (χ3n) is 4.60. The Morgan fingerprint density at radius 2 is 2.04 bits per heavy atom. The number of primary amides is 1. The molecule has 6 nitrogen and oxygen atoms in total. The first kappa shape index (κ1) is 17.6. The van der Waals surface area contributed by atoms with E-state index in [9.17, 15) is 4.79 Å². The van der Waals surface area contributed by atoms with E-state index in [0.717, 1.165) is 18.9 Å². The van der Waals surface area contributed by atoms with Crippen molar-refractivity contribution < 1.29 is 4.79 Å². The van der Waals surface area contributed by atoms with Gasteiger partial charge >= 0.3 is 0 Å². The molecule has 0 radical (unpaired) electrons. The number of hydrogen-bond donors (Lipinski definition) is 2. The van der Waals surface area contributed by atoms with Crippen molar-refractivity contribution in [3.63, 3.8) is 0 Å². The minimum absolute atomic E-state index is 0.150. The summed E-state index contributed by atoms with van der Waals surface area (Å²) in [5.74, 6) is 0.902. The van der Waals surface area contributed by atoms with E-state index in [-0.39, 0.29) is 5.69 Å². The normalized spacial score (nSPS) is 15.1. The molecule has 7 heteroatoms. The Labute approximate surface area is 152 Å². The molecule has 1 aliphatic rings. The summed E-state index contributed by atoms with van der Waals surface area (Å²) in [6, 6.07) is 1.54. The van der Waals surface area contributed by atoms with Gasteiger partial charge in [-0.1, -0.05) is 43.7 Å². The van der Waals surface area contributed by atoms with E-state index in [1.54, 1.807) is 18.5 Å². The molecule has 1 saturated carbocycles. The summed E-state index contributed by atoms with van der Waals surface area (Å²) in [6.07, 6.45) is 12.6. The van der Waals surface area contributed by atoms with Crippen LogP contribution in [0, 0.1) is 5.92 Å². The van der Waals surface area contributed by atoms with Crippen LogP contribution >= 0.6 is 11.6 Å². The number of aromatic nitrogens is 3. The number of pyridine rings is 1. The molecule has 25 heavy (non-hydrogen) atoms. The molecule has 1 aliphatic carbocycles. The largest absolute Gasteiger partial charge is 0.369 e. The summed E-state index contributed by atoms with van der Waals surface area (Å²) in [4.78, 5) is 24.0. The fourth-order valence-corrected chi connectivity index (χ4v) is 3.43. The molecule has 0 saturated heterocycles. The van der Waals surface area contributed by atoms with E-state index in [0.29, 0.717) is 22.1 Å². The van der Waals surface area contributed by atoms with E-state index >= 15 is 0 Å². The van der Waals surface area contributed by atoms with Gasteiger partial charge in [0.25, 0.3) is 5.91 Å². The number of amides is 1. The highest BCUT2D eigenvalue weighted by Gasteiger charge is 2.14. The Bertz CT molecular complexity index is 746. The first-order chi connectivity index (χ1) is 12.1. The SMILES string of the molecule is NC(=O)c1cc(-c2cncc(NCCC3CCCCC3)n2)c(Cl)cn1. The number of carbonyl (C=O) groups excluding carboxylic acids is 1. The second-order valence-electron chi connectivity index (χ2n) is 6.42. The van der Waals surface area contributed by atoms with Crippen LogP contribution in [0.4, 0.5) is 5.82 Å². The summed E-state index contributed by atoms with van der Waals surface area (Å²) in [7, 11) is 0. The van der Waals surface area contributed by atoms with Crippen molar-refractivity contribution in [2.45, 2.75) is 38.5 Å². The zero-order valence-electron chi connectivity index (χ0n) is 14.0. The van der Waals surface area contributed by atoms with Crippen molar-refractivity contribution in [1.82, 2.24) is 15.0 Å². The van der Waals surface area contributed by atoms with Crippen LogP contribution in [0.1, 0.15) is 49.0 Å². The fourth-order valence-electron chi connectivity index (χ4n) is 3.23.